The Bertz CT molecular complexity index is 648. The summed E-state index contributed by atoms with van der Waals surface area (Å²) in [6.07, 6.45) is 0.652. The van der Waals surface area contributed by atoms with Crippen LogP contribution in [0.25, 0.3) is 11.5 Å². The summed E-state index contributed by atoms with van der Waals surface area (Å²) in [7, 11) is 1.46. The molecule has 106 valence electrons. The van der Waals surface area contributed by atoms with Crippen LogP contribution in [0.3, 0.4) is 0 Å². The molecule has 0 radical (unpaired) electrons. The first-order chi connectivity index (χ1) is 9.55. The number of carbonyl (C=O) groups excluding carboxylic acids is 1. The van der Waals surface area contributed by atoms with E-state index in [9.17, 15) is 9.59 Å². The van der Waals surface area contributed by atoms with Gasteiger partial charge in [0.15, 0.2) is 10.9 Å². The van der Waals surface area contributed by atoms with Gasteiger partial charge in [0.1, 0.15) is 5.69 Å². The zero-order valence-corrected chi connectivity index (χ0v) is 11.5. The van der Waals surface area contributed by atoms with Crippen LogP contribution in [0, 0.1) is 0 Å². The number of carbonyl (C=O) groups is 2. The first kappa shape index (κ1) is 14.0. The fraction of sp³-hybridized carbons (Fsp3) is 0.273. The number of aliphatic carboxylic acids is 1. The van der Waals surface area contributed by atoms with E-state index >= 15 is 0 Å². The molecule has 0 atom stereocenters. The molecule has 20 heavy (non-hydrogen) atoms. The first-order valence-electron chi connectivity index (χ1n) is 5.60. The van der Waals surface area contributed by atoms with Gasteiger partial charge in [-0.1, -0.05) is 6.92 Å². The van der Waals surface area contributed by atoms with E-state index < -0.39 is 11.9 Å². The highest BCUT2D eigenvalue weighted by molar-refractivity contribution is 7.16. The molecule has 0 aliphatic heterocycles. The molecular formula is C11H11N3O5S. The number of aryl methyl sites for hydroxylation is 1. The van der Waals surface area contributed by atoms with Crippen LogP contribution in [0.4, 0.5) is 5.13 Å². The van der Waals surface area contributed by atoms with Gasteiger partial charge in [-0.15, -0.1) is 11.3 Å². The second-order valence-corrected chi connectivity index (χ2v) is 4.72. The number of nitrogens with zero attached hydrogens (tertiary/aromatic N) is 2. The van der Waals surface area contributed by atoms with Gasteiger partial charge in [0.2, 0.25) is 0 Å². The Morgan fingerprint density at radius 3 is 2.85 bits per heavy atom. The van der Waals surface area contributed by atoms with Crippen molar-refractivity contribution in [2.24, 2.45) is 0 Å². The molecule has 2 N–H and O–H groups in total. The van der Waals surface area contributed by atoms with Crippen molar-refractivity contribution in [1.29, 1.82) is 0 Å². The molecule has 2 aromatic rings. The van der Waals surface area contributed by atoms with E-state index in [4.69, 9.17) is 14.4 Å². The van der Waals surface area contributed by atoms with Gasteiger partial charge in [0, 0.05) is 4.88 Å². The number of carboxylic acid groups (broad SMARTS) is 1. The maximum atomic E-state index is 11.1. The van der Waals surface area contributed by atoms with Crippen LogP contribution < -0.4 is 10.1 Å². The van der Waals surface area contributed by atoms with Gasteiger partial charge in [0.05, 0.1) is 13.2 Å². The number of rotatable bonds is 4. The number of hydrogen-bond acceptors (Lipinski definition) is 7. The molecule has 0 aliphatic carbocycles. The number of carboxylic acids is 1. The molecule has 0 aromatic carbocycles. The van der Waals surface area contributed by atoms with E-state index in [1.165, 1.54) is 18.4 Å². The lowest BCUT2D eigenvalue weighted by Crippen LogP contribution is -2.21. The summed E-state index contributed by atoms with van der Waals surface area (Å²) in [6.45, 7) is 1.91. The third-order valence-electron chi connectivity index (χ3n) is 2.36. The van der Waals surface area contributed by atoms with Gasteiger partial charge in [-0.3, -0.25) is 10.1 Å². The van der Waals surface area contributed by atoms with Crippen molar-refractivity contribution in [3.05, 3.63) is 10.9 Å². The van der Waals surface area contributed by atoms with Crippen molar-refractivity contribution < 1.29 is 24.0 Å². The highest BCUT2D eigenvalue weighted by Crippen LogP contribution is 2.33. The van der Waals surface area contributed by atoms with Crippen LogP contribution in [0.15, 0.2) is 10.6 Å². The fourth-order valence-corrected chi connectivity index (χ4v) is 2.36. The predicted octanol–water partition coefficient (Wildman–Crippen LogP) is 1.39. The van der Waals surface area contributed by atoms with E-state index in [2.05, 4.69) is 15.5 Å². The van der Waals surface area contributed by atoms with Gasteiger partial charge in [-0.05, 0) is 11.6 Å². The van der Waals surface area contributed by atoms with Gasteiger partial charge in [-0.2, -0.15) is 0 Å². The minimum atomic E-state index is -1.57. The summed E-state index contributed by atoms with van der Waals surface area (Å²) < 4.78 is 10.0. The molecule has 2 aromatic heterocycles. The molecule has 0 fully saturated rings. The Labute approximate surface area is 117 Å². The predicted molar refractivity (Wildman–Crippen MR) is 69.8 cm³/mol. The van der Waals surface area contributed by atoms with Crippen LogP contribution >= 0.6 is 11.3 Å². The maximum Gasteiger partial charge on any atom is 0.394 e. The van der Waals surface area contributed by atoms with E-state index in [0.717, 1.165) is 4.88 Å². The van der Waals surface area contributed by atoms with E-state index in [0.29, 0.717) is 23.8 Å². The summed E-state index contributed by atoms with van der Waals surface area (Å²) in [5, 5.41) is 14.6. The lowest BCUT2D eigenvalue weighted by Gasteiger charge is -1.94. The van der Waals surface area contributed by atoms with Crippen molar-refractivity contribution in [3.63, 3.8) is 0 Å². The lowest BCUT2D eigenvalue weighted by atomic mass is 10.2. The quantitative estimate of drug-likeness (QED) is 0.819. The average Bonchev–Trinajstić information content (AvgIpc) is 3.03. The Morgan fingerprint density at radius 2 is 2.30 bits per heavy atom. The molecule has 0 saturated heterocycles. The molecule has 8 nitrogen and oxygen atoms in total. The SMILES string of the molecule is CCc1sc(NC(=O)C(=O)O)nc1-c1cc(OC)no1. The van der Waals surface area contributed by atoms with E-state index in [1.807, 2.05) is 6.92 Å². The molecule has 2 rings (SSSR count). The standard InChI is InChI=1S/C11H11N3O5S/c1-3-6-8(5-4-7(18-2)14-19-5)12-11(20-6)13-9(15)10(16)17/h4H,3H2,1-2H3,(H,16,17)(H,12,13,15). The zero-order valence-electron chi connectivity index (χ0n) is 10.7. The van der Waals surface area contributed by atoms with Crippen LogP contribution in [-0.4, -0.2) is 34.2 Å². The topological polar surface area (TPSA) is 115 Å². The molecule has 0 saturated carbocycles. The number of thiazole rings is 1. The van der Waals surface area contributed by atoms with Crippen molar-refractivity contribution >= 4 is 28.3 Å². The van der Waals surface area contributed by atoms with Gasteiger partial charge < -0.3 is 14.4 Å². The van der Waals surface area contributed by atoms with Gasteiger partial charge >= 0.3 is 11.9 Å². The number of hydrogen-bond donors (Lipinski definition) is 2. The number of methoxy groups -OCH3 is 1. The summed E-state index contributed by atoms with van der Waals surface area (Å²) in [4.78, 5) is 26.6. The van der Waals surface area contributed by atoms with Crippen molar-refractivity contribution in [3.8, 4) is 17.3 Å². The van der Waals surface area contributed by atoms with E-state index in [1.54, 1.807) is 6.07 Å². The third-order valence-corrected chi connectivity index (χ3v) is 3.48. The van der Waals surface area contributed by atoms with Gasteiger partial charge in [0.25, 0.3) is 5.88 Å². The fourth-order valence-electron chi connectivity index (χ4n) is 1.45. The largest absolute Gasteiger partial charge is 0.479 e. The number of nitrogens with one attached hydrogen (secondary N) is 1. The zero-order chi connectivity index (χ0) is 14.7. The smallest absolute Gasteiger partial charge is 0.394 e. The minimum Gasteiger partial charge on any atom is -0.479 e. The monoisotopic (exact) mass is 297 g/mol. The molecular weight excluding hydrogens is 286 g/mol. The Kier molecular flexibility index (Phi) is 3.99. The van der Waals surface area contributed by atoms with Crippen molar-refractivity contribution in [2.75, 3.05) is 12.4 Å². The summed E-state index contributed by atoms with van der Waals surface area (Å²) in [5.41, 5.74) is 0.508. The molecule has 0 aliphatic rings. The molecule has 0 spiro atoms. The van der Waals surface area contributed by atoms with Crippen LogP contribution in [0.2, 0.25) is 0 Å². The minimum absolute atomic E-state index is 0.194. The summed E-state index contributed by atoms with van der Waals surface area (Å²) in [6, 6.07) is 1.57. The Hall–Kier alpha value is -2.42. The Morgan fingerprint density at radius 1 is 1.55 bits per heavy atom. The third kappa shape index (κ3) is 2.77. The first-order valence-corrected chi connectivity index (χ1v) is 6.41. The van der Waals surface area contributed by atoms with Gasteiger partial charge in [-0.25, -0.2) is 9.78 Å². The highest BCUT2D eigenvalue weighted by atomic mass is 32.1. The molecule has 0 bridgehead atoms. The maximum absolute atomic E-state index is 11.1. The number of anilines is 1. The molecule has 1 amide bonds. The van der Waals surface area contributed by atoms with Crippen LogP contribution in [0.1, 0.15) is 11.8 Å². The van der Waals surface area contributed by atoms with Crippen LogP contribution in [0.5, 0.6) is 5.88 Å². The second-order valence-electron chi connectivity index (χ2n) is 3.64. The lowest BCUT2D eigenvalue weighted by molar-refractivity contribution is -0.147. The normalized spacial score (nSPS) is 10.3. The number of ether oxygens (including phenoxy) is 1. The second kappa shape index (κ2) is 5.70. The molecule has 0 unspecified atom stereocenters. The van der Waals surface area contributed by atoms with Crippen molar-refractivity contribution in [2.45, 2.75) is 13.3 Å². The van der Waals surface area contributed by atoms with Crippen LogP contribution in [-0.2, 0) is 16.0 Å². The molecule has 2 heterocycles. The number of aromatic nitrogens is 2. The number of amides is 1. The van der Waals surface area contributed by atoms with E-state index in [-0.39, 0.29) is 5.13 Å². The summed E-state index contributed by atoms with van der Waals surface area (Å²) >= 11 is 1.18. The highest BCUT2D eigenvalue weighted by Gasteiger charge is 2.19. The summed E-state index contributed by atoms with van der Waals surface area (Å²) in [5.74, 6) is -2.00. The average molecular weight is 297 g/mol. The molecule has 9 heteroatoms. The van der Waals surface area contributed by atoms with Crippen molar-refractivity contribution in [1.82, 2.24) is 10.1 Å². The Balaban J connectivity index is 2.31.